The highest BCUT2D eigenvalue weighted by atomic mass is 16.5. The van der Waals surface area contributed by atoms with Crippen molar-refractivity contribution in [3.05, 3.63) is 53.6 Å². The van der Waals surface area contributed by atoms with Crippen LogP contribution < -0.4 is 4.74 Å². The molecule has 2 aromatic rings. The summed E-state index contributed by atoms with van der Waals surface area (Å²) in [4.78, 5) is 0. The van der Waals surface area contributed by atoms with Crippen molar-refractivity contribution in [2.45, 2.75) is 142 Å². The van der Waals surface area contributed by atoms with E-state index in [-0.39, 0.29) is 0 Å². The summed E-state index contributed by atoms with van der Waals surface area (Å²) < 4.78 is 6.75. The van der Waals surface area contributed by atoms with Crippen LogP contribution in [0.5, 0.6) is 5.75 Å². The van der Waals surface area contributed by atoms with E-state index in [1.165, 1.54) is 120 Å². The summed E-state index contributed by atoms with van der Waals surface area (Å²) in [5.74, 6) is 4.50. The molecule has 0 saturated heterocycles. The first-order valence-electron chi connectivity index (χ1n) is 16.6. The van der Waals surface area contributed by atoms with Crippen LogP contribution >= 0.6 is 0 Å². The van der Waals surface area contributed by atoms with Gasteiger partial charge in [-0.2, -0.15) is 0 Å². The summed E-state index contributed by atoms with van der Waals surface area (Å²) in [5, 5.41) is 0. The lowest BCUT2D eigenvalue weighted by Gasteiger charge is -2.35. The number of rotatable bonds is 14. The molecule has 0 atom stereocenters. The largest absolute Gasteiger partial charge is 0.493 e. The molecule has 0 N–H and O–H groups in total. The van der Waals surface area contributed by atoms with E-state index in [9.17, 15) is 0 Å². The van der Waals surface area contributed by atoms with Crippen LogP contribution in [0.4, 0.5) is 0 Å². The minimum Gasteiger partial charge on any atom is -0.493 e. The first-order chi connectivity index (χ1) is 18.7. The first kappa shape index (κ1) is 29.2. The molecule has 38 heavy (non-hydrogen) atoms. The third kappa shape index (κ3) is 7.89. The summed E-state index contributed by atoms with van der Waals surface area (Å²) in [5.41, 5.74) is 5.88. The van der Waals surface area contributed by atoms with Crippen LogP contribution in [0.15, 0.2) is 42.5 Å². The molecule has 4 rings (SSSR count). The molecule has 0 bridgehead atoms. The fraction of sp³-hybridized carbons (Fsp3) is 0.676. The SMILES string of the molecule is CCCCCC1CCC(c2ccc(-c3ccccc3)c(OCCC)c2C2CCC(CCCCC)CC2)CC1. The average molecular weight is 517 g/mol. The monoisotopic (exact) mass is 516 g/mol. The molecule has 0 aromatic heterocycles. The van der Waals surface area contributed by atoms with Gasteiger partial charge in [-0.05, 0) is 92.6 Å². The second-order valence-electron chi connectivity index (χ2n) is 12.6. The van der Waals surface area contributed by atoms with Gasteiger partial charge in [-0.3, -0.25) is 0 Å². The number of unbranched alkanes of at least 4 members (excludes halogenated alkanes) is 4. The summed E-state index contributed by atoms with van der Waals surface area (Å²) in [7, 11) is 0. The van der Waals surface area contributed by atoms with E-state index in [2.05, 4.69) is 63.2 Å². The van der Waals surface area contributed by atoms with Gasteiger partial charge in [-0.25, -0.2) is 0 Å². The number of hydrogen-bond donors (Lipinski definition) is 0. The minimum absolute atomic E-state index is 0.658. The number of hydrogen-bond acceptors (Lipinski definition) is 1. The van der Waals surface area contributed by atoms with Crippen molar-refractivity contribution in [1.29, 1.82) is 0 Å². The Morgan fingerprint density at radius 1 is 0.605 bits per heavy atom. The van der Waals surface area contributed by atoms with Gasteiger partial charge in [0.05, 0.1) is 6.61 Å². The van der Waals surface area contributed by atoms with Crippen molar-refractivity contribution in [3.63, 3.8) is 0 Å². The molecule has 0 aliphatic heterocycles. The molecule has 0 spiro atoms. The quantitative estimate of drug-likeness (QED) is 0.227. The van der Waals surface area contributed by atoms with Crippen LogP contribution in [0.3, 0.4) is 0 Å². The molecule has 2 fully saturated rings. The molecule has 0 amide bonds. The van der Waals surface area contributed by atoms with Crippen molar-refractivity contribution < 1.29 is 4.74 Å². The van der Waals surface area contributed by atoms with Gasteiger partial charge in [0.15, 0.2) is 0 Å². The van der Waals surface area contributed by atoms with E-state index in [1.54, 1.807) is 11.1 Å². The van der Waals surface area contributed by atoms with E-state index in [4.69, 9.17) is 4.74 Å². The summed E-state index contributed by atoms with van der Waals surface area (Å²) >= 11 is 0. The van der Waals surface area contributed by atoms with Gasteiger partial charge in [-0.15, -0.1) is 0 Å². The van der Waals surface area contributed by atoms with Crippen molar-refractivity contribution in [2.24, 2.45) is 11.8 Å². The van der Waals surface area contributed by atoms with Crippen molar-refractivity contribution >= 4 is 0 Å². The van der Waals surface area contributed by atoms with Gasteiger partial charge in [0.2, 0.25) is 0 Å². The van der Waals surface area contributed by atoms with E-state index in [0.717, 1.165) is 24.9 Å². The molecule has 1 heteroatoms. The van der Waals surface area contributed by atoms with E-state index < -0.39 is 0 Å². The molecular weight excluding hydrogens is 460 g/mol. The molecule has 0 radical (unpaired) electrons. The summed E-state index contributed by atoms with van der Waals surface area (Å²) in [6.45, 7) is 7.71. The van der Waals surface area contributed by atoms with Crippen LogP contribution in [0, 0.1) is 11.8 Å². The third-order valence-electron chi connectivity index (χ3n) is 9.74. The standard InChI is InChI=1S/C37H56O/c1-4-7-10-14-29-18-22-32(23-19-29)34-26-27-35(31-16-12-9-13-17-31)37(38-28-6-3)36(34)33-24-20-30(21-25-33)15-11-8-5-2/h9,12-13,16-17,26-27,29-30,32-33H,4-8,10-11,14-15,18-25,28H2,1-3H3. The Hall–Kier alpha value is -1.76. The maximum absolute atomic E-state index is 6.75. The lowest BCUT2D eigenvalue weighted by Crippen LogP contribution is -2.19. The number of ether oxygens (including phenoxy) is 1. The molecule has 0 unspecified atom stereocenters. The van der Waals surface area contributed by atoms with Crippen LogP contribution in [-0.2, 0) is 0 Å². The number of benzene rings is 2. The summed E-state index contributed by atoms with van der Waals surface area (Å²) in [6.07, 6.45) is 23.4. The second kappa shape index (κ2) is 15.7. The van der Waals surface area contributed by atoms with E-state index in [0.29, 0.717) is 11.8 Å². The first-order valence-corrected chi connectivity index (χ1v) is 16.6. The normalized spacial score (nSPS) is 23.9. The van der Waals surface area contributed by atoms with Crippen LogP contribution in [0.1, 0.15) is 153 Å². The van der Waals surface area contributed by atoms with Gasteiger partial charge in [0.25, 0.3) is 0 Å². The second-order valence-corrected chi connectivity index (χ2v) is 12.6. The molecular formula is C37H56O. The van der Waals surface area contributed by atoms with Crippen LogP contribution in [0.2, 0.25) is 0 Å². The van der Waals surface area contributed by atoms with Crippen LogP contribution in [-0.4, -0.2) is 6.61 Å². The highest BCUT2D eigenvalue weighted by Crippen LogP contribution is 2.50. The van der Waals surface area contributed by atoms with E-state index in [1.807, 2.05) is 0 Å². The zero-order valence-electron chi connectivity index (χ0n) is 25.0. The maximum Gasteiger partial charge on any atom is 0.130 e. The van der Waals surface area contributed by atoms with E-state index >= 15 is 0 Å². The lowest BCUT2D eigenvalue weighted by atomic mass is 9.70. The Balaban J connectivity index is 1.61. The zero-order chi connectivity index (χ0) is 26.6. The van der Waals surface area contributed by atoms with Crippen molar-refractivity contribution in [1.82, 2.24) is 0 Å². The van der Waals surface area contributed by atoms with Gasteiger partial charge in [0, 0.05) is 11.1 Å². The van der Waals surface area contributed by atoms with Crippen LogP contribution in [0.25, 0.3) is 11.1 Å². The third-order valence-corrected chi connectivity index (χ3v) is 9.74. The van der Waals surface area contributed by atoms with Gasteiger partial charge in [-0.1, -0.05) is 115 Å². The molecule has 210 valence electrons. The fourth-order valence-electron chi connectivity index (χ4n) is 7.46. The highest BCUT2D eigenvalue weighted by Gasteiger charge is 2.32. The van der Waals surface area contributed by atoms with Crippen molar-refractivity contribution in [2.75, 3.05) is 6.61 Å². The Morgan fingerprint density at radius 3 is 1.74 bits per heavy atom. The summed E-state index contributed by atoms with van der Waals surface area (Å²) in [6, 6.07) is 16.0. The van der Waals surface area contributed by atoms with Gasteiger partial charge < -0.3 is 4.74 Å². The molecule has 2 aromatic carbocycles. The van der Waals surface area contributed by atoms with Gasteiger partial charge >= 0.3 is 0 Å². The molecule has 2 aliphatic rings. The molecule has 2 aliphatic carbocycles. The minimum atomic E-state index is 0.658. The smallest absolute Gasteiger partial charge is 0.130 e. The maximum atomic E-state index is 6.75. The predicted octanol–water partition coefficient (Wildman–Crippen LogP) is 11.9. The predicted molar refractivity (Wildman–Crippen MR) is 165 cm³/mol. The van der Waals surface area contributed by atoms with Crippen molar-refractivity contribution in [3.8, 4) is 16.9 Å². The Labute approximate surface area is 235 Å². The molecule has 0 heterocycles. The van der Waals surface area contributed by atoms with Gasteiger partial charge in [0.1, 0.15) is 5.75 Å². The highest BCUT2D eigenvalue weighted by molar-refractivity contribution is 5.74. The Morgan fingerprint density at radius 2 is 1.18 bits per heavy atom. The molecule has 2 saturated carbocycles. The lowest BCUT2D eigenvalue weighted by molar-refractivity contribution is 0.277. The molecule has 1 nitrogen and oxygen atoms in total. The Bertz CT molecular complexity index is 915. The fourth-order valence-corrected chi connectivity index (χ4v) is 7.46. The topological polar surface area (TPSA) is 9.23 Å². The Kier molecular flexibility index (Phi) is 12.1. The average Bonchev–Trinajstić information content (AvgIpc) is 2.97. The zero-order valence-corrected chi connectivity index (χ0v) is 25.0.